The number of carbonyl (C=O) groups excluding carboxylic acids is 1. The molecule has 2 heterocycles. The highest BCUT2D eigenvalue weighted by Gasteiger charge is 2.34. The Morgan fingerprint density at radius 2 is 2.00 bits per heavy atom. The van der Waals surface area contributed by atoms with Gasteiger partial charge < -0.3 is 15.4 Å². The van der Waals surface area contributed by atoms with Crippen molar-refractivity contribution in [3.8, 4) is 0 Å². The van der Waals surface area contributed by atoms with E-state index in [2.05, 4.69) is 10.6 Å². The number of ether oxygens (including phenoxy) is 1. The third kappa shape index (κ3) is 5.40. The van der Waals surface area contributed by atoms with Gasteiger partial charge in [0.05, 0.1) is 0 Å². The fourth-order valence-electron chi connectivity index (χ4n) is 3.79. The quantitative estimate of drug-likeness (QED) is 0.809. The molecule has 1 aromatic carbocycles. The number of hydrogen-bond acceptors (Lipinski definition) is 3. The Morgan fingerprint density at radius 1 is 1.28 bits per heavy atom. The lowest BCUT2D eigenvalue weighted by molar-refractivity contribution is -0.121. The molecular formula is C19H28ClFN2O2. The maximum Gasteiger partial charge on any atom is 0.220 e. The number of halogens is 2. The molecule has 2 aliphatic rings. The van der Waals surface area contributed by atoms with E-state index in [9.17, 15) is 9.18 Å². The summed E-state index contributed by atoms with van der Waals surface area (Å²) in [7, 11) is 0. The zero-order valence-corrected chi connectivity index (χ0v) is 15.4. The Morgan fingerprint density at radius 3 is 2.64 bits per heavy atom. The lowest BCUT2D eigenvalue weighted by atomic mass is 9.74. The molecule has 1 amide bonds. The summed E-state index contributed by atoms with van der Waals surface area (Å²) in [5.41, 5.74) is 0.948. The van der Waals surface area contributed by atoms with Crippen molar-refractivity contribution in [1.29, 1.82) is 0 Å². The van der Waals surface area contributed by atoms with Gasteiger partial charge in [-0.25, -0.2) is 4.39 Å². The molecule has 2 fully saturated rings. The normalized spacial score (nSPS) is 22.2. The Bertz CT molecular complexity index is 541. The molecule has 25 heavy (non-hydrogen) atoms. The number of rotatable bonds is 6. The first kappa shape index (κ1) is 20.1. The Kier molecular flexibility index (Phi) is 7.66. The molecule has 140 valence electrons. The lowest BCUT2D eigenvalue weighted by Gasteiger charge is -2.38. The van der Waals surface area contributed by atoms with Gasteiger partial charge in [0, 0.05) is 31.6 Å². The number of carbonyl (C=O) groups is 1. The van der Waals surface area contributed by atoms with Crippen LogP contribution in [0.2, 0.25) is 0 Å². The molecule has 2 saturated heterocycles. The van der Waals surface area contributed by atoms with Crippen molar-refractivity contribution in [2.24, 2.45) is 5.92 Å². The van der Waals surface area contributed by atoms with Crippen molar-refractivity contribution < 1.29 is 13.9 Å². The van der Waals surface area contributed by atoms with Crippen molar-refractivity contribution in [1.82, 2.24) is 10.6 Å². The van der Waals surface area contributed by atoms with E-state index in [1.807, 2.05) is 12.1 Å². The molecule has 6 heteroatoms. The van der Waals surface area contributed by atoms with E-state index in [0.717, 1.165) is 37.9 Å². The molecule has 4 nitrogen and oxygen atoms in total. The molecule has 1 atom stereocenters. The molecule has 1 unspecified atom stereocenters. The van der Waals surface area contributed by atoms with Crippen molar-refractivity contribution in [3.63, 3.8) is 0 Å². The van der Waals surface area contributed by atoms with Crippen molar-refractivity contribution in [2.45, 2.75) is 37.5 Å². The summed E-state index contributed by atoms with van der Waals surface area (Å²) < 4.78 is 18.7. The van der Waals surface area contributed by atoms with Crippen molar-refractivity contribution in [2.75, 3.05) is 32.8 Å². The first-order valence-electron chi connectivity index (χ1n) is 8.99. The van der Waals surface area contributed by atoms with E-state index < -0.39 is 0 Å². The number of nitrogens with one attached hydrogen (secondary N) is 2. The third-order valence-electron chi connectivity index (χ3n) is 5.47. The summed E-state index contributed by atoms with van der Waals surface area (Å²) in [5, 5.41) is 6.46. The average molecular weight is 371 g/mol. The third-order valence-corrected chi connectivity index (χ3v) is 5.47. The Balaban J connectivity index is 0.00000225. The van der Waals surface area contributed by atoms with Gasteiger partial charge in [0.1, 0.15) is 5.82 Å². The largest absolute Gasteiger partial charge is 0.381 e. The highest BCUT2D eigenvalue weighted by molar-refractivity contribution is 5.85. The molecule has 2 N–H and O–H groups in total. The van der Waals surface area contributed by atoms with Gasteiger partial charge >= 0.3 is 0 Å². The maximum atomic E-state index is 13.2. The van der Waals surface area contributed by atoms with E-state index >= 15 is 0 Å². The fraction of sp³-hybridized carbons (Fsp3) is 0.632. The van der Waals surface area contributed by atoms with Crippen LogP contribution in [0.4, 0.5) is 4.39 Å². The number of amides is 1. The second-order valence-corrected chi connectivity index (χ2v) is 7.07. The van der Waals surface area contributed by atoms with E-state index in [1.165, 1.54) is 18.6 Å². The second-order valence-electron chi connectivity index (χ2n) is 7.07. The lowest BCUT2D eigenvalue weighted by Crippen LogP contribution is -2.44. The van der Waals surface area contributed by atoms with Gasteiger partial charge in [-0.3, -0.25) is 4.79 Å². The summed E-state index contributed by atoms with van der Waals surface area (Å²) in [6, 6.07) is 6.69. The molecule has 0 bridgehead atoms. The fourth-order valence-corrected chi connectivity index (χ4v) is 3.79. The first-order valence-corrected chi connectivity index (χ1v) is 8.99. The predicted octanol–water partition coefficient (Wildman–Crippen LogP) is 2.80. The van der Waals surface area contributed by atoms with Gasteiger partial charge in [0.15, 0.2) is 0 Å². The van der Waals surface area contributed by atoms with E-state index in [1.54, 1.807) is 0 Å². The standard InChI is InChI=1S/C19H27FN2O2.ClH/c20-17-4-2-16(3-5-17)19(8-11-24-12-9-19)14-22-18(23)6-1-15-7-10-21-13-15;/h2-5,15,21H,1,6-14H2,(H,22,23);1H. The summed E-state index contributed by atoms with van der Waals surface area (Å²) in [6.07, 6.45) is 4.41. The van der Waals surface area contributed by atoms with Gasteiger partial charge in [-0.1, -0.05) is 12.1 Å². The summed E-state index contributed by atoms with van der Waals surface area (Å²) in [5.74, 6) is 0.523. The van der Waals surface area contributed by atoms with E-state index in [-0.39, 0.29) is 29.5 Å². The zero-order chi connectivity index (χ0) is 16.8. The highest BCUT2D eigenvalue weighted by atomic mass is 35.5. The van der Waals surface area contributed by atoms with Crippen LogP contribution in [0.5, 0.6) is 0 Å². The monoisotopic (exact) mass is 370 g/mol. The minimum Gasteiger partial charge on any atom is -0.381 e. The maximum absolute atomic E-state index is 13.2. The smallest absolute Gasteiger partial charge is 0.220 e. The number of hydrogen-bond donors (Lipinski definition) is 2. The average Bonchev–Trinajstić information content (AvgIpc) is 3.13. The summed E-state index contributed by atoms with van der Waals surface area (Å²) >= 11 is 0. The topological polar surface area (TPSA) is 50.4 Å². The predicted molar refractivity (Wildman–Crippen MR) is 98.6 cm³/mol. The minimum atomic E-state index is -0.227. The molecular weight excluding hydrogens is 343 g/mol. The van der Waals surface area contributed by atoms with E-state index in [4.69, 9.17) is 4.74 Å². The van der Waals surface area contributed by atoms with Crippen LogP contribution in [-0.2, 0) is 14.9 Å². The van der Waals surface area contributed by atoms with Gasteiger partial charge in [0.25, 0.3) is 0 Å². The second kappa shape index (κ2) is 9.51. The van der Waals surface area contributed by atoms with Gasteiger partial charge in [-0.05, 0) is 62.4 Å². The van der Waals surface area contributed by atoms with Gasteiger partial charge in [-0.15, -0.1) is 12.4 Å². The van der Waals surface area contributed by atoms with Crippen molar-refractivity contribution >= 4 is 18.3 Å². The highest BCUT2D eigenvalue weighted by Crippen LogP contribution is 2.34. The summed E-state index contributed by atoms with van der Waals surface area (Å²) in [6.45, 7) is 4.07. The van der Waals surface area contributed by atoms with Crippen LogP contribution in [0, 0.1) is 11.7 Å². The Hall–Kier alpha value is -1.17. The van der Waals surface area contributed by atoms with Gasteiger partial charge in [0.2, 0.25) is 5.91 Å². The van der Waals surface area contributed by atoms with Crippen LogP contribution in [0.25, 0.3) is 0 Å². The van der Waals surface area contributed by atoms with Crippen LogP contribution in [0.3, 0.4) is 0 Å². The SMILES string of the molecule is Cl.O=C(CCC1CCNC1)NCC1(c2ccc(F)cc2)CCOCC1. The molecule has 0 aliphatic carbocycles. The van der Waals surface area contributed by atoms with Crippen LogP contribution >= 0.6 is 12.4 Å². The first-order chi connectivity index (χ1) is 11.7. The Labute approximate surface area is 155 Å². The molecule has 0 saturated carbocycles. The molecule has 0 aromatic heterocycles. The van der Waals surface area contributed by atoms with Gasteiger partial charge in [-0.2, -0.15) is 0 Å². The molecule has 1 aromatic rings. The van der Waals surface area contributed by atoms with Crippen LogP contribution in [0.15, 0.2) is 24.3 Å². The molecule has 0 spiro atoms. The van der Waals surface area contributed by atoms with E-state index in [0.29, 0.717) is 32.1 Å². The van der Waals surface area contributed by atoms with Crippen molar-refractivity contribution in [3.05, 3.63) is 35.6 Å². The molecule has 2 aliphatic heterocycles. The van der Waals surface area contributed by atoms with Crippen LogP contribution in [-0.4, -0.2) is 38.8 Å². The minimum absolute atomic E-state index is 0. The molecule has 3 rings (SSSR count). The van der Waals surface area contributed by atoms with Crippen LogP contribution < -0.4 is 10.6 Å². The summed E-state index contributed by atoms with van der Waals surface area (Å²) in [4.78, 5) is 12.2. The van der Waals surface area contributed by atoms with Crippen LogP contribution in [0.1, 0.15) is 37.7 Å². The molecule has 0 radical (unpaired) electrons. The number of benzene rings is 1. The zero-order valence-electron chi connectivity index (χ0n) is 14.6.